The average Bonchev–Trinajstić information content (AvgIpc) is 3.49. The molecule has 1 fully saturated rings. The quantitative estimate of drug-likeness (QED) is 0.575. The lowest BCUT2D eigenvalue weighted by Gasteiger charge is -2.22. The van der Waals surface area contributed by atoms with Crippen molar-refractivity contribution >= 4 is 23.4 Å². The minimum Gasteiger partial charge on any atom is -0.380 e. The highest BCUT2D eigenvalue weighted by Gasteiger charge is 2.55. The Hall–Kier alpha value is -2.65. The summed E-state index contributed by atoms with van der Waals surface area (Å²) in [5.41, 5.74) is 0.466. The van der Waals surface area contributed by atoms with Crippen molar-refractivity contribution in [1.29, 1.82) is 0 Å². The number of carbonyl (C=O) groups is 2. The second-order valence-corrected chi connectivity index (χ2v) is 8.07. The normalized spacial score (nSPS) is 15.7. The molecular formula is C22H21ClF4N2O3. The van der Waals surface area contributed by atoms with E-state index in [1.54, 1.807) is 29.6 Å². The summed E-state index contributed by atoms with van der Waals surface area (Å²) in [7, 11) is 1.52. The molecule has 2 amide bonds. The van der Waals surface area contributed by atoms with Gasteiger partial charge >= 0.3 is 12.1 Å². The highest BCUT2D eigenvalue weighted by Crippen LogP contribution is 2.38. The molecule has 10 heteroatoms. The van der Waals surface area contributed by atoms with E-state index < -0.39 is 35.4 Å². The van der Waals surface area contributed by atoms with E-state index in [-0.39, 0.29) is 25.0 Å². The van der Waals surface area contributed by atoms with Gasteiger partial charge in [0, 0.05) is 23.3 Å². The molecule has 3 rings (SSSR count). The lowest BCUT2D eigenvalue weighted by Crippen LogP contribution is -2.53. The highest BCUT2D eigenvalue weighted by atomic mass is 35.5. The third kappa shape index (κ3) is 5.05. The van der Waals surface area contributed by atoms with Crippen LogP contribution in [0.2, 0.25) is 5.02 Å². The molecule has 1 aliphatic rings. The molecule has 2 aromatic carbocycles. The van der Waals surface area contributed by atoms with Gasteiger partial charge in [0.2, 0.25) is 5.91 Å². The fraction of sp³-hybridized carbons (Fsp3) is 0.364. The predicted molar refractivity (Wildman–Crippen MR) is 110 cm³/mol. The molecule has 2 aromatic rings. The molecule has 1 saturated carbocycles. The van der Waals surface area contributed by atoms with Crippen molar-refractivity contribution in [3.63, 3.8) is 0 Å². The van der Waals surface area contributed by atoms with Crippen LogP contribution in [0.1, 0.15) is 36.9 Å². The predicted octanol–water partition coefficient (Wildman–Crippen LogP) is 4.68. The Morgan fingerprint density at radius 2 is 1.91 bits per heavy atom. The van der Waals surface area contributed by atoms with Gasteiger partial charge in [0.25, 0.3) is 0 Å². The van der Waals surface area contributed by atoms with Crippen LogP contribution >= 0.6 is 11.6 Å². The molecule has 0 unspecified atom stereocenters. The molecule has 0 aromatic heterocycles. The van der Waals surface area contributed by atoms with E-state index in [1.807, 2.05) is 0 Å². The number of rotatable bonds is 7. The first-order chi connectivity index (χ1) is 15.0. The molecule has 0 bridgehead atoms. The standard InChI is InChI=1S/C22H21ClF4N2O3/c1-12(28-19(30)21(8-9-21)29-20(31)22(25,26)27)14-7-6-13(10-18(14)24)15-4-3-5-17(23)16(15)11-32-2/h3-7,10,12H,8-9,11H2,1-2H3,(H,28,30)(H,29,31)/t12-/m1/s1. The second kappa shape index (κ2) is 9.07. The number of methoxy groups -OCH3 is 1. The number of carbonyl (C=O) groups excluding carboxylic acids is 2. The minimum absolute atomic E-state index is 0.0752. The Morgan fingerprint density at radius 3 is 2.47 bits per heavy atom. The first-order valence-electron chi connectivity index (χ1n) is 9.75. The summed E-state index contributed by atoms with van der Waals surface area (Å²) in [6.45, 7) is 1.74. The van der Waals surface area contributed by atoms with Crippen molar-refractivity contribution < 1.29 is 31.9 Å². The van der Waals surface area contributed by atoms with E-state index in [2.05, 4.69) is 5.32 Å². The van der Waals surface area contributed by atoms with Gasteiger partial charge in [0.1, 0.15) is 11.4 Å². The second-order valence-electron chi connectivity index (χ2n) is 7.66. The van der Waals surface area contributed by atoms with Crippen molar-refractivity contribution in [3.8, 4) is 11.1 Å². The number of hydrogen-bond donors (Lipinski definition) is 2. The average molecular weight is 473 g/mol. The molecule has 0 aliphatic heterocycles. The van der Waals surface area contributed by atoms with E-state index in [4.69, 9.17) is 16.3 Å². The number of alkyl halides is 3. The van der Waals surface area contributed by atoms with Crippen LogP contribution in [0.3, 0.4) is 0 Å². The maximum Gasteiger partial charge on any atom is 0.471 e. The van der Waals surface area contributed by atoms with Gasteiger partial charge in [0.15, 0.2) is 0 Å². The van der Waals surface area contributed by atoms with Crippen LogP contribution in [0, 0.1) is 5.82 Å². The molecular weight excluding hydrogens is 452 g/mol. The van der Waals surface area contributed by atoms with Crippen molar-refractivity contribution in [2.75, 3.05) is 7.11 Å². The molecule has 0 saturated heterocycles. The van der Waals surface area contributed by atoms with Crippen LogP contribution in [-0.4, -0.2) is 30.6 Å². The van der Waals surface area contributed by atoms with Crippen LogP contribution in [0.25, 0.3) is 11.1 Å². The van der Waals surface area contributed by atoms with Crippen LogP contribution in [-0.2, 0) is 20.9 Å². The number of halogens is 5. The Kier molecular flexibility index (Phi) is 6.80. The monoisotopic (exact) mass is 472 g/mol. The molecule has 32 heavy (non-hydrogen) atoms. The fourth-order valence-electron chi connectivity index (χ4n) is 3.40. The third-order valence-electron chi connectivity index (χ3n) is 5.33. The smallest absolute Gasteiger partial charge is 0.380 e. The lowest BCUT2D eigenvalue weighted by molar-refractivity contribution is -0.175. The molecule has 172 valence electrons. The van der Waals surface area contributed by atoms with E-state index in [9.17, 15) is 27.2 Å². The molecule has 1 atom stereocenters. The van der Waals surface area contributed by atoms with Gasteiger partial charge in [-0.25, -0.2) is 4.39 Å². The fourth-order valence-corrected chi connectivity index (χ4v) is 3.63. The summed E-state index contributed by atoms with van der Waals surface area (Å²) in [4.78, 5) is 23.7. The number of amides is 2. The molecule has 2 N–H and O–H groups in total. The molecule has 5 nitrogen and oxygen atoms in total. The third-order valence-corrected chi connectivity index (χ3v) is 5.68. The van der Waals surface area contributed by atoms with Gasteiger partial charge in [-0.15, -0.1) is 0 Å². The maximum atomic E-state index is 14.9. The van der Waals surface area contributed by atoms with Crippen LogP contribution in [0.5, 0.6) is 0 Å². The lowest BCUT2D eigenvalue weighted by atomic mass is 9.97. The minimum atomic E-state index is -5.09. The molecule has 0 radical (unpaired) electrons. The Bertz CT molecular complexity index is 1040. The van der Waals surface area contributed by atoms with Gasteiger partial charge in [-0.3, -0.25) is 9.59 Å². The van der Waals surface area contributed by atoms with Crippen LogP contribution in [0.15, 0.2) is 36.4 Å². The summed E-state index contributed by atoms with van der Waals surface area (Å²) in [6.07, 6.45) is -4.94. The molecule has 1 aliphatic carbocycles. The Labute approximate surface area is 187 Å². The Morgan fingerprint density at radius 1 is 1.22 bits per heavy atom. The van der Waals surface area contributed by atoms with Crippen molar-refractivity contribution in [1.82, 2.24) is 10.6 Å². The Balaban J connectivity index is 1.77. The molecule has 0 spiro atoms. The zero-order valence-electron chi connectivity index (χ0n) is 17.3. The number of hydrogen-bond acceptors (Lipinski definition) is 3. The first-order valence-corrected chi connectivity index (χ1v) is 10.1. The van der Waals surface area contributed by atoms with Crippen molar-refractivity contribution in [2.45, 2.75) is 44.1 Å². The van der Waals surface area contributed by atoms with Gasteiger partial charge in [-0.2, -0.15) is 13.2 Å². The van der Waals surface area contributed by atoms with Gasteiger partial charge in [0.05, 0.1) is 12.6 Å². The molecule has 0 heterocycles. The van der Waals surface area contributed by atoms with Crippen LogP contribution < -0.4 is 10.6 Å². The van der Waals surface area contributed by atoms with E-state index in [1.165, 1.54) is 26.2 Å². The number of nitrogens with one attached hydrogen (secondary N) is 2. The van der Waals surface area contributed by atoms with Gasteiger partial charge in [-0.05, 0) is 43.0 Å². The summed E-state index contributed by atoms with van der Waals surface area (Å²) in [5, 5.41) is 4.71. The SMILES string of the molecule is COCc1c(Cl)cccc1-c1ccc([C@@H](C)NC(=O)C2(NC(=O)C(F)(F)F)CC2)c(F)c1. The number of benzene rings is 2. The summed E-state index contributed by atoms with van der Waals surface area (Å²) < 4.78 is 57.6. The number of ether oxygens (including phenoxy) is 1. The summed E-state index contributed by atoms with van der Waals surface area (Å²) in [5.74, 6) is -3.58. The van der Waals surface area contributed by atoms with Crippen LogP contribution in [0.4, 0.5) is 17.6 Å². The van der Waals surface area contributed by atoms with Crippen molar-refractivity contribution in [3.05, 3.63) is 58.4 Å². The first kappa shape index (κ1) is 24.0. The maximum absolute atomic E-state index is 14.9. The van der Waals surface area contributed by atoms with Gasteiger partial charge < -0.3 is 15.4 Å². The summed E-state index contributed by atoms with van der Waals surface area (Å²) >= 11 is 6.23. The summed E-state index contributed by atoms with van der Waals surface area (Å²) in [6, 6.07) is 8.81. The zero-order valence-corrected chi connectivity index (χ0v) is 18.0. The van der Waals surface area contributed by atoms with E-state index in [0.29, 0.717) is 21.7 Å². The van der Waals surface area contributed by atoms with Crippen molar-refractivity contribution in [2.24, 2.45) is 0 Å². The zero-order chi connectivity index (χ0) is 23.7. The largest absolute Gasteiger partial charge is 0.471 e. The van der Waals surface area contributed by atoms with Gasteiger partial charge in [-0.1, -0.05) is 35.9 Å². The van der Waals surface area contributed by atoms with E-state index in [0.717, 1.165) is 0 Å². The topological polar surface area (TPSA) is 67.4 Å². The van der Waals surface area contributed by atoms with E-state index >= 15 is 0 Å². The highest BCUT2D eigenvalue weighted by molar-refractivity contribution is 6.31.